The zero-order chi connectivity index (χ0) is 13.8. The highest BCUT2D eigenvalue weighted by atomic mass is 16.5. The van der Waals surface area contributed by atoms with Crippen molar-refractivity contribution in [2.45, 2.75) is 32.2 Å². The molecule has 0 aliphatic carbocycles. The number of carboxylic acid groups (broad SMARTS) is 1. The first-order chi connectivity index (χ1) is 8.44. The third-order valence-electron chi connectivity index (χ3n) is 2.63. The van der Waals surface area contributed by atoms with Crippen molar-refractivity contribution in [3.05, 3.63) is 16.7 Å². The first-order valence-corrected chi connectivity index (χ1v) is 5.58. The first-order valence-electron chi connectivity index (χ1n) is 5.58. The maximum Gasteiger partial charge on any atom is 0.329 e. The minimum atomic E-state index is -1.19. The molecule has 7 nitrogen and oxygen atoms in total. The molecule has 0 aliphatic rings. The Hall–Kier alpha value is -2.05. The summed E-state index contributed by atoms with van der Waals surface area (Å²) in [6.45, 7) is 3.42. The Balaban J connectivity index is 3.12. The van der Waals surface area contributed by atoms with Gasteiger partial charge in [-0.2, -0.15) is 0 Å². The van der Waals surface area contributed by atoms with Gasteiger partial charge in [-0.3, -0.25) is 4.79 Å². The number of H-pyrrole nitrogens is 1. The van der Waals surface area contributed by atoms with Crippen LogP contribution in [0.2, 0.25) is 0 Å². The molecule has 0 amide bonds. The molecular weight excluding hydrogens is 238 g/mol. The number of aromatic nitrogens is 2. The minimum Gasteiger partial charge on any atom is -0.489 e. The van der Waals surface area contributed by atoms with E-state index in [2.05, 4.69) is 15.3 Å². The molecule has 3 N–H and O–H groups in total. The first kappa shape index (κ1) is 14.0. The second-order valence-electron chi connectivity index (χ2n) is 4.13. The van der Waals surface area contributed by atoms with Gasteiger partial charge >= 0.3 is 5.97 Å². The van der Waals surface area contributed by atoms with Crippen molar-refractivity contribution in [3.8, 4) is 5.75 Å². The molecule has 0 radical (unpaired) electrons. The van der Waals surface area contributed by atoms with Crippen LogP contribution in [0.15, 0.2) is 11.1 Å². The lowest BCUT2D eigenvalue weighted by Crippen LogP contribution is -2.43. The fourth-order valence-electron chi connectivity index (χ4n) is 1.65. The highest BCUT2D eigenvalue weighted by Crippen LogP contribution is 2.23. The average molecular weight is 255 g/mol. The second kappa shape index (κ2) is 5.52. The summed E-state index contributed by atoms with van der Waals surface area (Å²) < 4.78 is 4.92. The van der Waals surface area contributed by atoms with Crippen molar-refractivity contribution in [3.63, 3.8) is 0 Å². The summed E-state index contributed by atoms with van der Waals surface area (Å²) >= 11 is 0. The van der Waals surface area contributed by atoms with Crippen molar-refractivity contribution in [1.29, 1.82) is 0 Å². The average Bonchev–Trinajstić information content (AvgIpc) is 2.29. The summed E-state index contributed by atoms with van der Waals surface area (Å²) in [6.07, 6.45) is 2.28. The van der Waals surface area contributed by atoms with E-state index in [0.29, 0.717) is 12.8 Å². The standard InChI is InChI=1S/C11H17N3O4/c1-4-5-11(2,10(16)17)14-8-7(18-3)9(15)13-6-12-8/h6H,4-5H2,1-3H3,(H,16,17)(H2,12,13,14,15). The van der Waals surface area contributed by atoms with Gasteiger partial charge in [0.25, 0.3) is 5.56 Å². The van der Waals surface area contributed by atoms with Gasteiger partial charge < -0.3 is 20.1 Å². The molecule has 1 aromatic rings. The van der Waals surface area contributed by atoms with Gasteiger partial charge in [-0.15, -0.1) is 0 Å². The van der Waals surface area contributed by atoms with Gasteiger partial charge in [0.15, 0.2) is 5.82 Å². The van der Waals surface area contributed by atoms with E-state index in [1.54, 1.807) is 6.92 Å². The van der Waals surface area contributed by atoms with E-state index in [9.17, 15) is 14.7 Å². The Morgan fingerprint density at radius 2 is 2.33 bits per heavy atom. The highest BCUT2D eigenvalue weighted by molar-refractivity contribution is 5.82. The molecule has 100 valence electrons. The quantitative estimate of drug-likeness (QED) is 0.695. The molecule has 0 spiro atoms. The van der Waals surface area contributed by atoms with Crippen LogP contribution in [0.1, 0.15) is 26.7 Å². The third kappa shape index (κ3) is 2.79. The molecule has 0 saturated carbocycles. The van der Waals surface area contributed by atoms with Crippen molar-refractivity contribution < 1.29 is 14.6 Å². The van der Waals surface area contributed by atoms with Gasteiger partial charge in [-0.1, -0.05) is 13.3 Å². The number of carboxylic acids is 1. The molecule has 1 atom stereocenters. The number of methoxy groups -OCH3 is 1. The zero-order valence-electron chi connectivity index (χ0n) is 10.6. The smallest absolute Gasteiger partial charge is 0.329 e. The molecule has 0 fully saturated rings. The molecule has 18 heavy (non-hydrogen) atoms. The molecule has 7 heteroatoms. The van der Waals surface area contributed by atoms with E-state index in [1.165, 1.54) is 13.4 Å². The fourth-order valence-corrected chi connectivity index (χ4v) is 1.65. The molecule has 1 aromatic heterocycles. The molecule has 1 rings (SSSR count). The predicted octanol–water partition coefficient (Wildman–Crippen LogP) is 0.834. The molecule has 0 saturated heterocycles. The summed E-state index contributed by atoms with van der Waals surface area (Å²) in [7, 11) is 1.33. The number of aromatic amines is 1. The van der Waals surface area contributed by atoms with Crippen LogP contribution in [0.5, 0.6) is 5.75 Å². The van der Waals surface area contributed by atoms with Crippen LogP contribution >= 0.6 is 0 Å². The Labute approximate surface area is 104 Å². The van der Waals surface area contributed by atoms with Crippen LogP contribution in [0.4, 0.5) is 5.82 Å². The minimum absolute atomic E-state index is 0.0268. The summed E-state index contributed by atoms with van der Waals surface area (Å²) in [5.74, 6) is -0.908. The van der Waals surface area contributed by atoms with Gasteiger partial charge in [0.05, 0.1) is 13.4 Å². The molecule has 0 bridgehead atoms. The van der Waals surface area contributed by atoms with Gasteiger partial charge in [0, 0.05) is 0 Å². The van der Waals surface area contributed by atoms with Gasteiger partial charge in [-0.05, 0) is 13.3 Å². The summed E-state index contributed by atoms with van der Waals surface area (Å²) in [5.41, 5.74) is -1.65. The van der Waals surface area contributed by atoms with Crippen LogP contribution in [0, 0.1) is 0 Å². The second-order valence-corrected chi connectivity index (χ2v) is 4.13. The van der Waals surface area contributed by atoms with E-state index in [-0.39, 0.29) is 11.6 Å². The number of nitrogens with one attached hydrogen (secondary N) is 2. The normalized spacial score (nSPS) is 13.7. The van der Waals surface area contributed by atoms with Gasteiger partial charge in [0.2, 0.25) is 5.75 Å². The predicted molar refractivity (Wildman–Crippen MR) is 66.0 cm³/mol. The summed E-state index contributed by atoms with van der Waals surface area (Å²) in [6, 6.07) is 0. The number of anilines is 1. The fraction of sp³-hybridized carbons (Fsp3) is 0.545. The number of hydrogen-bond acceptors (Lipinski definition) is 5. The molecule has 1 unspecified atom stereocenters. The Morgan fingerprint density at radius 1 is 1.67 bits per heavy atom. The summed E-state index contributed by atoms with van der Waals surface area (Å²) in [5, 5.41) is 12.0. The van der Waals surface area contributed by atoms with Crippen LogP contribution in [-0.2, 0) is 4.79 Å². The maximum atomic E-state index is 11.5. The van der Waals surface area contributed by atoms with Crippen molar-refractivity contribution in [2.75, 3.05) is 12.4 Å². The SMILES string of the molecule is CCCC(C)(Nc1nc[nH]c(=O)c1OC)C(=O)O. The number of ether oxygens (including phenoxy) is 1. The van der Waals surface area contributed by atoms with E-state index in [4.69, 9.17) is 4.74 Å². The Bertz CT molecular complexity index is 485. The van der Waals surface area contributed by atoms with Crippen molar-refractivity contribution >= 4 is 11.8 Å². The van der Waals surface area contributed by atoms with E-state index in [0.717, 1.165) is 0 Å². The lowest BCUT2D eigenvalue weighted by atomic mass is 9.96. The Kier molecular flexibility index (Phi) is 4.30. The van der Waals surface area contributed by atoms with Gasteiger partial charge in [-0.25, -0.2) is 9.78 Å². The Morgan fingerprint density at radius 3 is 2.83 bits per heavy atom. The zero-order valence-corrected chi connectivity index (χ0v) is 10.6. The molecular formula is C11H17N3O4. The van der Waals surface area contributed by atoms with Crippen LogP contribution in [0.25, 0.3) is 0 Å². The molecule has 0 aliphatic heterocycles. The number of nitrogens with zero attached hydrogens (tertiary/aromatic N) is 1. The largest absolute Gasteiger partial charge is 0.489 e. The summed E-state index contributed by atoms with van der Waals surface area (Å²) in [4.78, 5) is 29.0. The highest BCUT2D eigenvalue weighted by Gasteiger charge is 2.33. The number of aliphatic carboxylic acids is 1. The van der Waals surface area contributed by atoms with E-state index in [1.807, 2.05) is 6.92 Å². The van der Waals surface area contributed by atoms with Gasteiger partial charge in [0.1, 0.15) is 5.54 Å². The number of rotatable bonds is 6. The maximum absolute atomic E-state index is 11.5. The monoisotopic (exact) mass is 255 g/mol. The van der Waals surface area contributed by atoms with E-state index < -0.39 is 17.1 Å². The molecule has 1 heterocycles. The number of carbonyl (C=O) groups is 1. The van der Waals surface area contributed by atoms with Crippen LogP contribution < -0.4 is 15.6 Å². The lowest BCUT2D eigenvalue weighted by Gasteiger charge is -2.26. The number of hydrogen-bond donors (Lipinski definition) is 3. The van der Waals surface area contributed by atoms with E-state index >= 15 is 0 Å². The van der Waals surface area contributed by atoms with Crippen molar-refractivity contribution in [1.82, 2.24) is 9.97 Å². The van der Waals surface area contributed by atoms with Crippen LogP contribution in [0.3, 0.4) is 0 Å². The van der Waals surface area contributed by atoms with Crippen LogP contribution in [-0.4, -0.2) is 33.7 Å². The lowest BCUT2D eigenvalue weighted by molar-refractivity contribution is -0.142. The topological polar surface area (TPSA) is 104 Å². The molecule has 0 aromatic carbocycles. The van der Waals surface area contributed by atoms with Crippen molar-refractivity contribution in [2.24, 2.45) is 0 Å². The third-order valence-corrected chi connectivity index (χ3v) is 2.63.